The van der Waals surface area contributed by atoms with E-state index in [1.54, 1.807) is 18.4 Å². The van der Waals surface area contributed by atoms with Crippen LogP contribution in [-0.4, -0.2) is 36.4 Å². The highest BCUT2D eigenvalue weighted by atomic mass is 32.2. The summed E-state index contributed by atoms with van der Waals surface area (Å²) in [6, 6.07) is 3.32. The zero-order valence-corrected chi connectivity index (χ0v) is 11.5. The average Bonchev–Trinajstić information content (AvgIpc) is 2.71. The summed E-state index contributed by atoms with van der Waals surface area (Å²) in [5.74, 6) is 0.141. The first-order valence-electron chi connectivity index (χ1n) is 6.04. The van der Waals surface area contributed by atoms with E-state index < -0.39 is 0 Å². The number of hydrogen-bond donors (Lipinski definition) is 2. The highest BCUT2D eigenvalue weighted by Crippen LogP contribution is 2.39. The van der Waals surface area contributed by atoms with Gasteiger partial charge in [-0.25, -0.2) is 4.39 Å². The lowest BCUT2D eigenvalue weighted by molar-refractivity contribution is 0.304. The van der Waals surface area contributed by atoms with Gasteiger partial charge in [0.05, 0.1) is 4.90 Å². The Balaban J connectivity index is 2.34. The zero-order valence-electron chi connectivity index (χ0n) is 10.7. The summed E-state index contributed by atoms with van der Waals surface area (Å²) in [6.07, 6.45) is 2.64. The molecule has 5 heteroatoms. The highest BCUT2D eigenvalue weighted by Gasteiger charge is 2.32. The van der Waals surface area contributed by atoms with E-state index in [0.29, 0.717) is 22.9 Å². The van der Waals surface area contributed by atoms with E-state index in [4.69, 9.17) is 5.73 Å². The summed E-state index contributed by atoms with van der Waals surface area (Å²) < 4.78 is 14.4. The summed E-state index contributed by atoms with van der Waals surface area (Å²) in [6.45, 7) is 1.53. The molecule has 0 bridgehead atoms. The van der Waals surface area contributed by atoms with Gasteiger partial charge in [0.1, 0.15) is 11.6 Å². The molecule has 18 heavy (non-hydrogen) atoms. The number of benzene rings is 1. The number of likely N-dealkylation sites (tertiary alicyclic amines) is 1. The second-order valence-corrected chi connectivity index (χ2v) is 5.63. The quantitative estimate of drug-likeness (QED) is 0.827. The molecule has 1 aliphatic heterocycles. The molecule has 2 unspecified atom stereocenters. The van der Waals surface area contributed by atoms with Crippen LogP contribution < -0.4 is 5.73 Å². The van der Waals surface area contributed by atoms with Crippen LogP contribution in [-0.2, 0) is 0 Å². The molecular formula is C13H19FN2OS. The molecule has 0 aromatic heterocycles. The number of hydrogen-bond acceptors (Lipinski definition) is 4. The van der Waals surface area contributed by atoms with Crippen molar-refractivity contribution in [2.45, 2.75) is 17.4 Å². The molecule has 1 saturated heterocycles. The van der Waals surface area contributed by atoms with Gasteiger partial charge in [0.25, 0.3) is 0 Å². The van der Waals surface area contributed by atoms with Crippen LogP contribution in [0, 0.1) is 11.7 Å². The fourth-order valence-electron chi connectivity index (χ4n) is 2.65. The third kappa shape index (κ3) is 2.35. The van der Waals surface area contributed by atoms with Gasteiger partial charge in [0.15, 0.2) is 0 Å². The number of rotatable bonds is 3. The number of aromatic hydroxyl groups is 1. The third-order valence-electron chi connectivity index (χ3n) is 3.64. The summed E-state index contributed by atoms with van der Waals surface area (Å²) in [5.41, 5.74) is 6.35. The maximum Gasteiger partial charge on any atom is 0.145 e. The summed E-state index contributed by atoms with van der Waals surface area (Å²) in [5, 5.41) is 9.63. The Morgan fingerprint density at radius 2 is 2.28 bits per heavy atom. The maximum atomic E-state index is 14.4. The van der Waals surface area contributed by atoms with Crippen LogP contribution in [0.1, 0.15) is 18.0 Å². The molecule has 2 atom stereocenters. The van der Waals surface area contributed by atoms with Crippen molar-refractivity contribution in [2.75, 3.05) is 26.4 Å². The van der Waals surface area contributed by atoms with Gasteiger partial charge in [-0.1, -0.05) is 6.07 Å². The van der Waals surface area contributed by atoms with Crippen molar-refractivity contribution in [1.82, 2.24) is 4.90 Å². The second-order valence-electron chi connectivity index (χ2n) is 4.81. The Hall–Kier alpha value is -0.780. The van der Waals surface area contributed by atoms with E-state index in [1.807, 2.05) is 7.05 Å². The first-order chi connectivity index (χ1) is 8.58. The van der Waals surface area contributed by atoms with Crippen LogP contribution in [0.25, 0.3) is 0 Å². The third-order valence-corrected chi connectivity index (χ3v) is 4.43. The average molecular weight is 270 g/mol. The zero-order chi connectivity index (χ0) is 13.3. The van der Waals surface area contributed by atoms with Crippen molar-refractivity contribution in [3.63, 3.8) is 0 Å². The number of phenolic OH excluding ortho intramolecular Hbond substituents is 1. The maximum absolute atomic E-state index is 14.4. The predicted octanol–water partition coefficient (Wildman–Crippen LogP) is 2.20. The normalized spacial score (nSPS) is 24.7. The largest absolute Gasteiger partial charge is 0.507 e. The van der Waals surface area contributed by atoms with Gasteiger partial charge in [-0.3, -0.25) is 4.90 Å². The van der Waals surface area contributed by atoms with Crippen LogP contribution in [0.2, 0.25) is 0 Å². The van der Waals surface area contributed by atoms with Crippen LogP contribution in [0.5, 0.6) is 5.75 Å². The lowest BCUT2D eigenvalue weighted by Gasteiger charge is -2.21. The molecule has 0 radical (unpaired) electrons. The SMILES string of the molecule is CSc1c(O)ccc(C2CC(CN)CN2C)c1F. The van der Waals surface area contributed by atoms with Crippen molar-refractivity contribution < 1.29 is 9.50 Å². The van der Waals surface area contributed by atoms with E-state index in [2.05, 4.69) is 4.90 Å². The fourth-order valence-corrected chi connectivity index (χ4v) is 3.23. The van der Waals surface area contributed by atoms with Crippen molar-refractivity contribution >= 4 is 11.8 Å². The molecule has 1 heterocycles. The van der Waals surface area contributed by atoms with Crippen molar-refractivity contribution in [2.24, 2.45) is 11.7 Å². The Morgan fingerprint density at radius 1 is 1.56 bits per heavy atom. The van der Waals surface area contributed by atoms with Crippen molar-refractivity contribution in [1.29, 1.82) is 0 Å². The minimum atomic E-state index is -0.294. The molecule has 3 nitrogen and oxygen atoms in total. The lowest BCUT2D eigenvalue weighted by Crippen LogP contribution is -2.21. The van der Waals surface area contributed by atoms with Gasteiger partial charge in [0.2, 0.25) is 0 Å². The van der Waals surface area contributed by atoms with Crippen LogP contribution in [0.15, 0.2) is 17.0 Å². The highest BCUT2D eigenvalue weighted by molar-refractivity contribution is 7.98. The first kappa shape index (κ1) is 13.6. The number of halogens is 1. The van der Waals surface area contributed by atoms with Crippen molar-refractivity contribution in [3.05, 3.63) is 23.5 Å². The summed E-state index contributed by atoms with van der Waals surface area (Å²) in [4.78, 5) is 2.47. The molecule has 0 aliphatic carbocycles. The Kier molecular flexibility index (Phi) is 4.14. The van der Waals surface area contributed by atoms with Gasteiger partial charge < -0.3 is 10.8 Å². The first-order valence-corrected chi connectivity index (χ1v) is 7.26. The van der Waals surface area contributed by atoms with E-state index in [0.717, 1.165) is 13.0 Å². The molecule has 1 aromatic rings. The lowest BCUT2D eigenvalue weighted by atomic mass is 9.99. The van der Waals surface area contributed by atoms with Gasteiger partial charge >= 0.3 is 0 Å². The molecule has 100 valence electrons. The molecule has 0 saturated carbocycles. The van der Waals surface area contributed by atoms with Gasteiger partial charge in [-0.2, -0.15) is 0 Å². The topological polar surface area (TPSA) is 49.5 Å². The molecule has 3 N–H and O–H groups in total. The molecule has 1 aliphatic rings. The smallest absolute Gasteiger partial charge is 0.145 e. The van der Waals surface area contributed by atoms with Gasteiger partial charge in [-0.15, -0.1) is 11.8 Å². The predicted molar refractivity (Wildman–Crippen MR) is 72.4 cm³/mol. The standard InChI is InChI=1S/C13H19FN2OS/c1-16-7-8(6-15)5-10(16)9-3-4-11(17)13(18-2)12(9)14/h3-4,8,10,17H,5-7,15H2,1-2H3. The molecule has 1 fully saturated rings. The molecule has 2 rings (SSSR count). The minimum Gasteiger partial charge on any atom is -0.507 e. The number of thioether (sulfide) groups is 1. The van der Waals surface area contributed by atoms with E-state index in [1.165, 1.54) is 11.8 Å². The van der Waals surface area contributed by atoms with E-state index >= 15 is 0 Å². The van der Waals surface area contributed by atoms with Gasteiger partial charge in [0, 0.05) is 18.2 Å². The number of phenols is 1. The number of nitrogens with zero attached hydrogens (tertiary/aromatic N) is 1. The molecule has 1 aromatic carbocycles. The van der Waals surface area contributed by atoms with Crippen LogP contribution in [0.3, 0.4) is 0 Å². The monoisotopic (exact) mass is 270 g/mol. The van der Waals surface area contributed by atoms with Crippen LogP contribution >= 0.6 is 11.8 Å². The van der Waals surface area contributed by atoms with Crippen LogP contribution in [0.4, 0.5) is 4.39 Å². The molecular weight excluding hydrogens is 251 g/mol. The van der Waals surface area contributed by atoms with Crippen molar-refractivity contribution in [3.8, 4) is 5.75 Å². The fraction of sp³-hybridized carbons (Fsp3) is 0.538. The summed E-state index contributed by atoms with van der Waals surface area (Å²) >= 11 is 1.23. The van der Waals surface area contributed by atoms with E-state index in [-0.39, 0.29) is 17.6 Å². The van der Waals surface area contributed by atoms with E-state index in [9.17, 15) is 9.50 Å². The summed E-state index contributed by atoms with van der Waals surface area (Å²) in [7, 11) is 1.99. The second kappa shape index (κ2) is 5.47. The Morgan fingerprint density at radius 3 is 2.83 bits per heavy atom. The molecule has 0 amide bonds. The number of nitrogens with two attached hydrogens (primary N) is 1. The Labute approximate surface area is 111 Å². The molecule has 0 spiro atoms. The van der Waals surface area contributed by atoms with Gasteiger partial charge in [-0.05, 0) is 38.3 Å². The Bertz CT molecular complexity index is 441. The minimum absolute atomic E-state index is 0.0137.